The van der Waals surface area contributed by atoms with E-state index < -0.39 is 0 Å². The molecule has 3 rings (SSSR count). The molecule has 0 spiro atoms. The summed E-state index contributed by atoms with van der Waals surface area (Å²) in [5, 5.41) is 4.00. The number of hydrogen-bond donors (Lipinski definition) is 1. The standard InChI is InChI=1S/C20H21ClN4OS/c1-3-4-6-14(2)12-25-10-8-16(13-25)23-19(26)17-18(21)24-20(27-17)15-7-5-9-22-11-15/h3-7,9,11,16H,1-2,8,10,12-13H2,(H,23,26)/b6-4-. The van der Waals surface area contributed by atoms with Gasteiger partial charge in [-0.2, -0.15) is 0 Å². The first-order valence-electron chi connectivity index (χ1n) is 8.63. The van der Waals surface area contributed by atoms with Crippen LogP contribution in [0.5, 0.6) is 0 Å². The molecule has 2 aromatic heterocycles. The third kappa shape index (κ3) is 5.13. The van der Waals surface area contributed by atoms with E-state index in [1.807, 2.05) is 24.3 Å². The number of aromatic nitrogens is 2. The Morgan fingerprint density at radius 2 is 2.37 bits per heavy atom. The van der Waals surface area contributed by atoms with E-state index in [2.05, 4.69) is 33.3 Å². The number of hydrogen-bond acceptors (Lipinski definition) is 5. The van der Waals surface area contributed by atoms with Crippen LogP contribution in [0.4, 0.5) is 0 Å². The lowest BCUT2D eigenvalue weighted by Crippen LogP contribution is -2.37. The van der Waals surface area contributed by atoms with Gasteiger partial charge in [0.25, 0.3) is 5.91 Å². The molecule has 27 heavy (non-hydrogen) atoms. The lowest BCUT2D eigenvalue weighted by atomic mass is 10.2. The van der Waals surface area contributed by atoms with Crippen LogP contribution in [0, 0.1) is 0 Å². The summed E-state index contributed by atoms with van der Waals surface area (Å²) in [4.78, 5) is 23.7. The van der Waals surface area contributed by atoms with E-state index in [9.17, 15) is 4.79 Å². The van der Waals surface area contributed by atoms with E-state index in [1.54, 1.807) is 18.5 Å². The van der Waals surface area contributed by atoms with Crippen molar-refractivity contribution in [2.24, 2.45) is 0 Å². The second kappa shape index (κ2) is 9.08. The highest BCUT2D eigenvalue weighted by atomic mass is 35.5. The van der Waals surface area contributed by atoms with Gasteiger partial charge in [-0.1, -0.05) is 43.0 Å². The predicted octanol–water partition coefficient (Wildman–Crippen LogP) is 3.96. The number of thiazole rings is 1. The smallest absolute Gasteiger partial charge is 0.264 e. The zero-order valence-corrected chi connectivity index (χ0v) is 16.5. The van der Waals surface area contributed by atoms with Gasteiger partial charge in [0.2, 0.25) is 0 Å². The fraction of sp³-hybridized carbons (Fsp3) is 0.250. The Morgan fingerprint density at radius 1 is 1.52 bits per heavy atom. The molecule has 1 saturated heterocycles. The summed E-state index contributed by atoms with van der Waals surface area (Å²) in [6, 6.07) is 3.82. The Hall–Kier alpha value is -2.28. The van der Waals surface area contributed by atoms with Crippen molar-refractivity contribution < 1.29 is 4.79 Å². The van der Waals surface area contributed by atoms with Crippen LogP contribution in [0.3, 0.4) is 0 Å². The van der Waals surface area contributed by atoms with Crippen LogP contribution in [0.25, 0.3) is 10.6 Å². The number of nitrogens with zero attached hydrogens (tertiary/aromatic N) is 3. The Balaban J connectivity index is 1.58. The molecule has 7 heteroatoms. The highest BCUT2D eigenvalue weighted by molar-refractivity contribution is 7.17. The molecule has 0 radical (unpaired) electrons. The van der Waals surface area contributed by atoms with Crippen LogP contribution in [0.2, 0.25) is 5.15 Å². The summed E-state index contributed by atoms with van der Waals surface area (Å²) in [6.07, 6.45) is 9.87. The first kappa shape index (κ1) is 19.5. The minimum absolute atomic E-state index is 0.0914. The van der Waals surface area contributed by atoms with E-state index in [-0.39, 0.29) is 17.1 Å². The number of allylic oxidation sites excluding steroid dienone is 2. The summed E-state index contributed by atoms with van der Waals surface area (Å²) in [5.74, 6) is -0.176. The van der Waals surface area contributed by atoms with Gasteiger partial charge in [0.1, 0.15) is 9.88 Å². The molecular formula is C20H21ClN4OS. The van der Waals surface area contributed by atoms with Crippen molar-refractivity contribution in [2.45, 2.75) is 12.5 Å². The molecule has 1 atom stereocenters. The fourth-order valence-electron chi connectivity index (χ4n) is 2.94. The van der Waals surface area contributed by atoms with Gasteiger partial charge in [0.15, 0.2) is 5.15 Å². The zero-order valence-electron chi connectivity index (χ0n) is 14.9. The Bertz CT molecular complexity index is 862. The first-order valence-corrected chi connectivity index (χ1v) is 9.83. The van der Waals surface area contributed by atoms with Gasteiger partial charge in [0, 0.05) is 43.6 Å². The number of likely N-dealkylation sites (tertiary alicyclic amines) is 1. The summed E-state index contributed by atoms with van der Waals surface area (Å²) in [6.45, 7) is 10.2. The van der Waals surface area contributed by atoms with Gasteiger partial charge in [-0.25, -0.2) is 4.98 Å². The van der Waals surface area contributed by atoms with E-state index in [0.717, 1.165) is 37.2 Å². The predicted molar refractivity (Wildman–Crippen MR) is 111 cm³/mol. The fourth-order valence-corrected chi connectivity index (χ4v) is 4.13. The van der Waals surface area contributed by atoms with Crippen LogP contribution < -0.4 is 5.32 Å². The lowest BCUT2D eigenvalue weighted by Gasteiger charge is -2.16. The van der Waals surface area contributed by atoms with Crippen molar-refractivity contribution in [1.29, 1.82) is 0 Å². The highest BCUT2D eigenvalue weighted by Crippen LogP contribution is 2.30. The Morgan fingerprint density at radius 3 is 3.11 bits per heavy atom. The van der Waals surface area contributed by atoms with Crippen LogP contribution in [0.15, 0.2) is 61.5 Å². The lowest BCUT2D eigenvalue weighted by molar-refractivity contribution is 0.0942. The van der Waals surface area contributed by atoms with E-state index in [0.29, 0.717) is 9.88 Å². The molecule has 0 bridgehead atoms. The van der Waals surface area contributed by atoms with Crippen LogP contribution in [0.1, 0.15) is 16.1 Å². The molecule has 1 aliphatic heterocycles. The number of carbonyl (C=O) groups excluding carboxylic acids is 1. The maximum atomic E-state index is 12.6. The molecule has 2 aromatic rings. The molecule has 3 heterocycles. The molecule has 5 nitrogen and oxygen atoms in total. The quantitative estimate of drug-likeness (QED) is 0.714. The van der Waals surface area contributed by atoms with Crippen molar-refractivity contribution >= 4 is 28.8 Å². The largest absolute Gasteiger partial charge is 0.347 e. The number of amides is 1. The average molecular weight is 401 g/mol. The summed E-state index contributed by atoms with van der Waals surface area (Å²) in [5.41, 5.74) is 1.87. The first-order chi connectivity index (χ1) is 13.1. The summed E-state index contributed by atoms with van der Waals surface area (Å²) < 4.78 is 0. The maximum absolute atomic E-state index is 12.6. The molecule has 140 valence electrons. The molecule has 1 fully saturated rings. The van der Waals surface area contributed by atoms with Gasteiger partial charge < -0.3 is 5.32 Å². The second-order valence-electron chi connectivity index (χ2n) is 6.33. The molecule has 1 unspecified atom stereocenters. The summed E-state index contributed by atoms with van der Waals surface area (Å²) in [7, 11) is 0. The molecule has 0 aromatic carbocycles. The zero-order chi connectivity index (χ0) is 19.2. The summed E-state index contributed by atoms with van der Waals surface area (Å²) >= 11 is 7.48. The molecule has 0 saturated carbocycles. The van der Waals surface area contributed by atoms with Gasteiger partial charge in [-0.15, -0.1) is 11.3 Å². The van der Waals surface area contributed by atoms with Crippen molar-refractivity contribution in [3.63, 3.8) is 0 Å². The molecule has 0 aliphatic carbocycles. The van der Waals surface area contributed by atoms with Crippen molar-refractivity contribution in [1.82, 2.24) is 20.2 Å². The van der Waals surface area contributed by atoms with Gasteiger partial charge in [0.05, 0.1) is 0 Å². The van der Waals surface area contributed by atoms with E-state index in [4.69, 9.17) is 11.6 Å². The van der Waals surface area contributed by atoms with Gasteiger partial charge >= 0.3 is 0 Å². The Kier molecular flexibility index (Phi) is 6.55. The SMILES string of the molecule is C=C/C=C\C(=C)CN1CCC(NC(=O)c2sc(-c3cccnc3)nc2Cl)C1. The number of nitrogens with one attached hydrogen (secondary N) is 1. The third-order valence-electron chi connectivity index (χ3n) is 4.20. The van der Waals surface area contributed by atoms with Gasteiger partial charge in [-0.3, -0.25) is 14.7 Å². The van der Waals surface area contributed by atoms with Crippen molar-refractivity contribution in [3.05, 3.63) is 71.5 Å². The minimum Gasteiger partial charge on any atom is -0.347 e. The van der Waals surface area contributed by atoms with Gasteiger partial charge in [-0.05, 0) is 24.1 Å². The second-order valence-corrected chi connectivity index (χ2v) is 7.68. The third-order valence-corrected chi connectivity index (χ3v) is 5.69. The van der Waals surface area contributed by atoms with Crippen LogP contribution in [-0.4, -0.2) is 46.5 Å². The normalized spacial score (nSPS) is 17.3. The molecular weight excluding hydrogens is 380 g/mol. The monoisotopic (exact) mass is 400 g/mol. The average Bonchev–Trinajstić information content (AvgIpc) is 3.27. The highest BCUT2D eigenvalue weighted by Gasteiger charge is 2.26. The number of pyridine rings is 1. The molecule has 1 aliphatic rings. The van der Waals surface area contributed by atoms with Crippen LogP contribution in [-0.2, 0) is 0 Å². The van der Waals surface area contributed by atoms with Crippen LogP contribution >= 0.6 is 22.9 Å². The number of halogens is 1. The van der Waals surface area contributed by atoms with E-state index >= 15 is 0 Å². The minimum atomic E-state index is -0.176. The number of carbonyl (C=O) groups is 1. The Labute approximate surface area is 168 Å². The molecule has 1 N–H and O–H groups in total. The van der Waals surface area contributed by atoms with Crippen molar-refractivity contribution in [3.8, 4) is 10.6 Å². The van der Waals surface area contributed by atoms with Crippen molar-refractivity contribution in [2.75, 3.05) is 19.6 Å². The maximum Gasteiger partial charge on any atom is 0.264 e. The molecule has 1 amide bonds. The van der Waals surface area contributed by atoms with E-state index in [1.165, 1.54) is 11.3 Å². The number of rotatable bonds is 7. The topological polar surface area (TPSA) is 58.1 Å².